The van der Waals surface area contributed by atoms with Crippen LogP contribution < -0.4 is 5.32 Å². The number of allylic oxidation sites excluding steroid dienone is 2. The van der Waals surface area contributed by atoms with Crippen molar-refractivity contribution in [2.75, 3.05) is 5.32 Å². The van der Waals surface area contributed by atoms with Gasteiger partial charge in [-0.25, -0.2) is 4.68 Å². The van der Waals surface area contributed by atoms with Crippen molar-refractivity contribution in [3.8, 4) is 5.69 Å². The van der Waals surface area contributed by atoms with Gasteiger partial charge in [0, 0.05) is 34.2 Å². The molecule has 1 atom stereocenters. The first-order valence-electron chi connectivity index (χ1n) is 9.99. The minimum atomic E-state index is -0.193. The number of hydrogen-bond donors (Lipinski definition) is 1. The van der Waals surface area contributed by atoms with Crippen LogP contribution >= 0.6 is 11.6 Å². The summed E-state index contributed by atoms with van der Waals surface area (Å²) in [6.07, 6.45) is 2.31. The Bertz CT molecular complexity index is 1160. The number of aromatic nitrogens is 2. The maximum absolute atomic E-state index is 13.0. The topological polar surface area (TPSA) is 46.9 Å². The molecule has 4 nitrogen and oxygen atoms in total. The molecule has 2 aromatic carbocycles. The summed E-state index contributed by atoms with van der Waals surface area (Å²) in [5.74, 6) is 0.948. The molecule has 1 unspecified atom stereocenters. The minimum Gasteiger partial charge on any atom is -0.343 e. The van der Waals surface area contributed by atoms with Gasteiger partial charge in [0.1, 0.15) is 5.82 Å². The van der Waals surface area contributed by atoms with Crippen molar-refractivity contribution < 1.29 is 4.79 Å². The van der Waals surface area contributed by atoms with E-state index in [-0.39, 0.29) is 11.7 Å². The van der Waals surface area contributed by atoms with Crippen LogP contribution in [-0.4, -0.2) is 15.6 Å². The van der Waals surface area contributed by atoms with Crippen molar-refractivity contribution >= 4 is 23.2 Å². The molecular weight excluding hydrogens is 382 g/mol. The molecule has 1 aromatic heterocycles. The molecule has 0 spiro atoms. The van der Waals surface area contributed by atoms with Crippen LogP contribution in [0.3, 0.4) is 0 Å². The van der Waals surface area contributed by atoms with E-state index in [4.69, 9.17) is 16.7 Å². The fourth-order valence-corrected chi connectivity index (χ4v) is 4.76. The van der Waals surface area contributed by atoms with Crippen LogP contribution in [0.15, 0.2) is 59.8 Å². The molecule has 0 fully saturated rings. The maximum atomic E-state index is 13.0. The molecule has 1 aliphatic carbocycles. The van der Waals surface area contributed by atoms with Crippen LogP contribution in [0.5, 0.6) is 0 Å². The molecule has 146 valence electrons. The minimum absolute atomic E-state index is 0.193. The Morgan fingerprint density at radius 2 is 1.83 bits per heavy atom. The zero-order valence-corrected chi connectivity index (χ0v) is 17.3. The molecule has 3 aromatic rings. The van der Waals surface area contributed by atoms with Crippen LogP contribution in [0.2, 0.25) is 5.02 Å². The number of aryl methyl sites for hydroxylation is 2. The Morgan fingerprint density at radius 3 is 2.59 bits per heavy atom. The average molecular weight is 404 g/mol. The summed E-state index contributed by atoms with van der Waals surface area (Å²) < 4.78 is 1.96. The Balaban J connectivity index is 1.76. The van der Waals surface area contributed by atoms with Gasteiger partial charge in [-0.2, -0.15) is 5.10 Å². The number of carbonyl (C=O) groups is 1. The van der Waals surface area contributed by atoms with Gasteiger partial charge in [-0.15, -0.1) is 0 Å². The summed E-state index contributed by atoms with van der Waals surface area (Å²) in [4.78, 5) is 13.0. The second-order valence-corrected chi connectivity index (χ2v) is 8.25. The first-order chi connectivity index (χ1) is 14.0. The van der Waals surface area contributed by atoms with Crippen LogP contribution in [-0.2, 0) is 4.79 Å². The number of Topliss-reactive ketones (excluding diaryl/α,β-unsaturated/α-hetero) is 1. The van der Waals surface area contributed by atoms with E-state index in [2.05, 4.69) is 36.5 Å². The summed E-state index contributed by atoms with van der Waals surface area (Å²) in [7, 11) is 0. The number of ketones is 1. The van der Waals surface area contributed by atoms with Crippen LogP contribution in [0.25, 0.3) is 5.69 Å². The van der Waals surface area contributed by atoms with Crippen molar-refractivity contribution in [1.29, 1.82) is 0 Å². The van der Waals surface area contributed by atoms with Gasteiger partial charge in [-0.05, 0) is 50.5 Å². The van der Waals surface area contributed by atoms with Crippen molar-refractivity contribution in [2.45, 2.75) is 39.0 Å². The first kappa shape index (κ1) is 18.2. The molecule has 5 rings (SSSR count). The number of anilines is 1. The number of halogens is 1. The third kappa shape index (κ3) is 2.90. The predicted molar refractivity (Wildman–Crippen MR) is 116 cm³/mol. The molecule has 0 bridgehead atoms. The van der Waals surface area contributed by atoms with E-state index in [9.17, 15) is 4.79 Å². The molecule has 29 heavy (non-hydrogen) atoms. The van der Waals surface area contributed by atoms with Crippen molar-refractivity contribution in [3.63, 3.8) is 0 Å². The summed E-state index contributed by atoms with van der Waals surface area (Å²) in [6.45, 7) is 4.08. The van der Waals surface area contributed by atoms with Crippen molar-refractivity contribution in [2.24, 2.45) is 0 Å². The number of rotatable bonds is 2. The zero-order chi connectivity index (χ0) is 20.1. The average Bonchev–Trinajstić information content (AvgIpc) is 3.04. The van der Waals surface area contributed by atoms with Gasteiger partial charge in [0.2, 0.25) is 0 Å². The normalized spacial score (nSPS) is 18.3. The molecule has 0 saturated carbocycles. The van der Waals surface area contributed by atoms with E-state index in [1.165, 1.54) is 5.56 Å². The maximum Gasteiger partial charge on any atom is 0.161 e. The molecule has 5 heteroatoms. The lowest BCUT2D eigenvalue weighted by atomic mass is 9.76. The van der Waals surface area contributed by atoms with Gasteiger partial charge < -0.3 is 5.32 Å². The van der Waals surface area contributed by atoms with E-state index < -0.39 is 0 Å². The monoisotopic (exact) mass is 403 g/mol. The van der Waals surface area contributed by atoms with E-state index >= 15 is 0 Å². The third-order valence-electron chi connectivity index (χ3n) is 5.90. The SMILES string of the molecule is Cc1ccc(-n2nc(C)c3c2NC2=C(C(=O)CCC2)C3c2ccccc2Cl)cc1. The molecule has 0 radical (unpaired) electrons. The second-order valence-electron chi connectivity index (χ2n) is 7.84. The van der Waals surface area contributed by atoms with Gasteiger partial charge in [0.15, 0.2) is 5.78 Å². The molecular formula is C24H22ClN3O. The number of nitrogens with zero attached hydrogens (tertiary/aromatic N) is 2. The number of fused-ring (bicyclic) bond motifs is 1. The van der Waals surface area contributed by atoms with Crippen LogP contribution in [0, 0.1) is 13.8 Å². The Morgan fingerprint density at radius 1 is 1.07 bits per heavy atom. The predicted octanol–water partition coefficient (Wildman–Crippen LogP) is 5.71. The summed E-state index contributed by atoms with van der Waals surface area (Å²) in [5, 5.41) is 9.10. The summed E-state index contributed by atoms with van der Waals surface area (Å²) in [6, 6.07) is 16.1. The molecule has 2 heterocycles. The van der Waals surface area contributed by atoms with E-state index in [1.54, 1.807) is 0 Å². The molecule has 1 aliphatic heterocycles. The quantitative estimate of drug-likeness (QED) is 0.596. The van der Waals surface area contributed by atoms with Crippen molar-refractivity contribution in [3.05, 3.63) is 87.2 Å². The highest BCUT2D eigenvalue weighted by atomic mass is 35.5. The Labute approximate surface area is 175 Å². The largest absolute Gasteiger partial charge is 0.343 e. The fraction of sp³-hybridized carbons (Fsp3) is 0.250. The number of nitrogens with one attached hydrogen (secondary N) is 1. The fourth-order valence-electron chi connectivity index (χ4n) is 4.51. The van der Waals surface area contributed by atoms with Gasteiger partial charge in [0.25, 0.3) is 0 Å². The standard InChI is InChI=1S/C24H22ClN3O/c1-14-10-12-16(13-11-14)28-24-21(15(2)27-28)22(17-6-3-4-7-18(17)25)23-19(26-24)8-5-9-20(23)29/h3-4,6-7,10-13,22,26H,5,8-9H2,1-2H3. The van der Waals surface area contributed by atoms with Crippen LogP contribution in [0.1, 0.15) is 47.6 Å². The highest BCUT2D eigenvalue weighted by Gasteiger charge is 2.39. The Kier molecular flexibility index (Phi) is 4.32. The lowest BCUT2D eigenvalue weighted by Gasteiger charge is -2.33. The summed E-state index contributed by atoms with van der Waals surface area (Å²) in [5.41, 5.74) is 6.96. The lowest BCUT2D eigenvalue weighted by molar-refractivity contribution is -0.116. The smallest absolute Gasteiger partial charge is 0.161 e. The van der Waals surface area contributed by atoms with Crippen molar-refractivity contribution in [1.82, 2.24) is 9.78 Å². The van der Waals surface area contributed by atoms with E-state index in [0.717, 1.165) is 52.4 Å². The summed E-state index contributed by atoms with van der Waals surface area (Å²) >= 11 is 6.62. The number of hydrogen-bond acceptors (Lipinski definition) is 3. The first-order valence-corrected chi connectivity index (χ1v) is 10.4. The molecule has 2 aliphatic rings. The second kappa shape index (κ2) is 6.89. The van der Waals surface area contributed by atoms with Gasteiger partial charge >= 0.3 is 0 Å². The molecule has 1 N–H and O–H groups in total. The Hall–Kier alpha value is -2.85. The van der Waals surface area contributed by atoms with E-state index in [1.807, 2.05) is 35.9 Å². The highest BCUT2D eigenvalue weighted by molar-refractivity contribution is 6.31. The molecule has 0 amide bonds. The number of benzene rings is 2. The van der Waals surface area contributed by atoms with Gasteiger partial charge in [-0.3, -0.25) is 4.79 Å². The molecule has 0 saturated heterocycles. The highest BCUT2D eigenvalue weighted by Crippen LogP contribution is 2.48. The lowest BCUT2D eigenvalue weighted by Crippen LogP contribution is -2.27. The van der Waals surface area contributed by atoms with Crippen LogP contribution in [0.4, 0.5) is 5.82 Å². The van der Waals surface area contributed by atoms with Gasteiger partial charge in [0.05, 0.1) is 11.4 Å². The van der Waals surface area contributed by atoms with E-state index in [0.29, 0.717) is 11.4 Å². The third-order valence-corrected chi connectivity index (χ3v) is 6.25. The number of carbonyl (C=O) groups excluding carboxylic acids is 1. The van der Waals surface area contributed by atoms with Gasteiger partial charge in [-0.1, -0.05) is 47.5 Å². The zero-order valence-electron chi connectivity index (χ0n) is 16.5.